The number of fused-ring (bicyclic) bond motifs is 1. The summed E-state index contributed by atoms with van der Waals surface area (Å²) in [6.07, 6.45) is 17.1. The smallest absolute Gasteiger partial charge is 0.0870 e. The van der Waals surface area contributed by atoms with E-state index in [0.717, 1.165) is 48.3 Å². The predicted molar refractivity (Wildman–Crippen MR) is 125 cm³/mol. The third kappa shape index (κ3) is 3.71. The zero-order chi connectivity index (χ0) is 20.3. The standard InChI is InChI=1S/C27H25N3/c1-19-8-6-12-26(30-19)27-24(11-7-15-28-27)21-13-14-25-22(16-21)17-23(18-29-25)20-9-4-2-3-5-10-20/h2-3,6-9,12-18,28H,4-5,10-11H2,1H3. The van der Waals surface area contributed by atoms with E-state index in [4.69, 9.17) is 9.97 Å². The maximum Gasteiger partial charge on any atom is 0.0870 e. The van der Waals surface area contributed by atoms with E-state index < -0.39 is 0 Å². The van der Waals surface area contributed by atoms with Gasteiger partial charge in [0.05, 0.1) is 16.9 Å². The number of benzene rings is 1. The van der Waals surface area contributed by atoms with Crippen molar-refractivity contribution in [2.24, 2.45) is 0 Å². The van der Waals surface area contributed by atoms with Crippen LogP contribution in [0.3, 0.4) is 0 Å². The van der Waals surface area contributed by atoms with Gasteiger partial charge in [-0.05, 0) is 91.4 Å². The largest absolute Gasteiger partial charge is 0.360 e. The van der Waals surface area contributed by atoms with Gasteiger partial charge in [0.15, 0.2) is 0 Å². The topological polar surface area (TPSA) is 37.8 Å². The number of dihydropyridines is 1. The van der Waals surface area contributed by atoms with Crippen molar-refractivity contribution in [3.8, 4) is 0 Å². The van der Waals surface area contributed by atoms with Gasteiger partial charge in [-0.15, -0.1) is 0 Å². The normalized spacial score (nSPS) is 16.4. The van der Waals surface area contributed by atoms with Crippen molar-refractivity contribution in [2.45, 2.75) is 32.6 Å². The van der Waals surface area contributed by atoms with E-state index in [1.165, 1.54) is 27.7 Å². The van der Waals surface area contributed by atoms with Crippen LogP contribution in [0, 0.1) is 6.92 Å². The van der Waals surface area contributed by atoms with Crippen molar-refractivity contribution in [1.82, 2.24) is 15.3 Å². The maximum absolute atomic E-state index is 4.74. The van der Waals surface area contributed by atoms with Crippen molar-refractivity contribution in [1.29, 1.82) is 0 Å². The van der Waals surface area contributed by atoms with Crippen molar-refractivity contribution in [3.63, 3.8) is 0 Å². The summed E-state index contributed by atoms with van der Waals surface area (Å²) >= 11 is 0. The van der Waals surface area contributed by atoms with Gasteiger partial charge in [0.2, 0.25) is 0 Å². The number of nitrogens with one attached hydrogen (secondary N) is 1. The molecule has 0 saturated carbocycles. The molecule has 3 heteroatoms. The molecule has 0 saturated heterocycles. The second kappa shape index (κ2) is 8.11. The molecule has 30 heavy (non-hydrogen) atoms. The van der Waals surface area contributed by atoms with Gasteiger partial charge in [-0.1, -0.05) is 36.4 Å². The Morgan fingerprint density at radius 3 is 2.83 bits per heavy atom. The monoisotopic (exact) mass is 391 g/mol. The van der Waals surface area contributed by atoms with Gasteiger partial charge in [-0.25, -0.2) is 0 Å². The minimum atomic E-state index is 0.882. The summed E-state index contributed by atoms with van der Waals surface area (Å²) in [6, 6.07) is 15.0. The lowest BCUT2D eigenvalue weighted by molar-refractivity contribution is 1.07. The summed E-state index contributed by atoms with van der Waals surface area (Å²) in [4.78, 5) is 9.48. The van der Waals surface area contributed by atoms with Crippen molar-refractivity contribution in [2.75, 3.05) is 0 Å². The van der Waals surface area contributed by atoms with Crippen LogP contribution >= 0.6 is 0 Å². The molecule has 0 bridgehead atoms. The molecular formula is C27H25N3. The molecule has 1 aliphatic carbocycles. The Balaban J connectivity index is 1.58. The van der Waals surface area contributed by atoms with Crippen LogP contribution in [0.25, 0.3) is 27.7 Å². The summed E-state index contributed by atoms with van der Waals surface area (Å²) in [5.41, 5.74) is 9.23. The molecule has 1 aliphatic heterocycles. The minimum absolute atomic E-state index is 0.882. The highest BCUT2D eigenvalue weighted by molar-refractivity contribution is 5.94. The quantitative estimate of drug-likeness (QED) is 0.522. The number of allylic oxidation sites excluding steroid dienone is 6. The number of hydrogen-bond donors (Lipinski definition) is 1. The van der Waals surface area contributed by atoms with E-state index in [1.54, 1.807) is 0 Å². The molecule has 0 unspecified atom stereocenters. The molecule has 1 N–H and O–H groups in total. The van der Waals surface area contributed by atoms with E-state index >= 15 is 0 Å². The van der Waals surface area contributed by atoms with Gasteiger partial charge in [-0.2, -0.15) is 0 Å². The van der Waals surface area contributed by atoms with Gasteiger partial charge in [0.25, 0.3) is 0 Å². The molecule has 3 heterocycles. The molecule has 5 rings (SSSR count). The molecule has 2 aromatic heterocycles. The van der Waals surface area contributed by atoms with E-state index in [9.17, 15) is 0 Å². The highest BCUT2D eigenvalue weighted by Gasteiger charge is 2.15. The fourth-order valence-electron chi connectivity index (χ4n) is 4.20. The fourth-order valence-corrected chi connectivity index (χ4v) is 4.20. The molecule has 0 spiro atoms. The number of nitrogens with zero attached hydrogens (tertiary/aromatic N) is 2. The lowest BCUT2D eigenvalue weighted by atomic mass is 9.94. The van der Waals surface area contributed by atoms with Crippen molar-refractivity contribution in [3.05, 3.63) is 102 Å². The SMILES string of the molecule is Cc1cccc(C2=C(c3ccc4ncc(C5=CCC=CCC5)cc4c3)CC=CN2)n1. The highest BCUT2D eigenvalue weighted by Crippen LogP contribution is 2.32. The average Bonchev–Trinajstić information content (AvgIpc) is 3.08. The summed E-state index contributed by atoms with van der Waals surface area (Å²) in [7, 11) is 0. The molecular weight excluding hydrogens is 366 g/mol. The van der Waals surface area contributed by atoms with Crippen LogP contribution in [-0.4, -0.2) is 9.97 Å². The zero-order valence-corrected chi connectivity index (χ0v) is 17.2. The van der Waals surface area contributed by atoms with E-state index in [2.05, 4.69) is 66.0 Å². The second-order valence-corrected chi connectivity index (χ2v) is 7.88. The Kier molecular flexibility index (Phi) is 5.02. The average molecular weight is 392 g/mol. The number of rotatable bonds is 3. The van der Waals surface area contributed by atoms with Gasteiger partial charge in [-0.3, -0.25) is 9.97 Å². The van der Waals surface area contributed by atoms with Crippen LogP contribution in [-0.2, 0) is 0 Å². The first kappa shape index (κ1) is 18.6. The van der Waals surface area contributed by atoms with E-state index in [-0.39, 0.29) is 0 Å². The molecule has 2 aliphatic rings. The summed E-state index contributed by atoms with van der Waals surface area (Å²) < 4.78 is 0. The summed E-state index contributed by atoms with van der Waals surface area (Å²) in [5.74, 6) is 0. The van der Waals surface area contributed by atoms with Gasteiger partial charge < -0.3 is 5.32 Å². The molecule has 1 aromatic carbocycles. The van der Waals surface area contributed by atoms with Crippen LogP contribution in [0.2, 0.25) is 0 Å². The lowest BCUT2D eigenvalue weighted by Gasteiger charge is -2.19. The lowest BCUT2D eigenvalue weighted by Crippen LogP contribution is -2.12. The Hall–Kier alpha value is -3.46. The Bertz CT molecular complexity index is 1230. The first-order valence-corrected chi connectivity index (χ1v) is 10.6. The molecule has 3 aromatic rings. The minimum Gasteiger partial charge on any atom is -0.360 e. The zero-order valence-electron chi connectivity index (χ0n) is 17.2. The fraction of sp³-hybridized carbons (Fsp3) is 0.185. The third-order valence-corrected chi connectivity index (χ3v) is 5.76. The molecule has 0 amide bonds. The van der Waals surface area contributed by atoms with E-state index in [1.807, 2.05) is 25.4 Å². The van der Waals surface area contributed by atoms with Crippen LogP contribution < -0.4 is 5.32 Å². The second-order valence-electron chi connectivity index (χ2n) is 7.88. The van der Waals surface area contributed by atoms with Crippen LogP contribution in [0.5, 0.6) is 0 Å². The highest BCUT2D eigenvalue weighted by atomic mass is 14.9. The molecule has 0 radical (unpaired) electrons. The predicted octanol–water partition coefficient (Wildman–Crippen LogP) is 6.44. The summed E-state index contributed by atoms with van der Waals surface area (Å²) in [5, 5.41) is 4.62. The Labute approximate surface area is 177 Å². The molecule has 0 atom stereocenters. The van der Waals surface area contributed by atoms with Crippen LogP contribution in [0.1, 0.15) is 48.2 Å². The molecule has 3 nitrogen and oxygen atoms in total. The number of pyridine rings is 2. The van der Waals surface area contributed by atoms with E-state index in [0.29, 0.717) is 0 Å². The van der Waals surface area contributed by atoms with Crippen LogP contribution in [0.4, 0.5) is 0 Å². The van der Waals surface area contributed by atoms with Gasteiger partial charge >= 0.3 is 0 Å². The number of aryl methyl sites for hydroxylation is 1. The molecule has 148 valence electrons. The molecule has 0 fully saturated rings. The Morgan fingerprint density at radius 2 is 1.90 bits per heavy atom. The first-order valence-electron chi connectivity index (χ1n) is 10.6. The van der Waals surface area contributed by atoms with Gasteiger partial charge in [0.1, 0.15) is 0 Å². The van der Waals surface area contributed by atoms with Crippen molar-refractivity contribution < 1.29 is 0 Å². The number of hydrogen-bond acceptors (Lipinski definition) is 3. The third-order valence-electron chi connectivity index (χ3n) is 5.76. The van der Waals surface area contributed by atoms with Gasteiger partial charge in [0, 0.05) is 17.3 Å². The summed E-state index contributed by atoms with van der Waals surface area (Å²) in [6.45, 7) is 2.03. The number of aromatic nitrogens is 2. The van der Waals surface area contributed by atoms with Crippen LogP contribution in [0.15, 0.2) is 79.2 Å². The first-order chi connectivity index (χ1) is 14.8. The Morgan fingerprint density at radius 1 is 0.967 bits per heavy atom. The van der Waals surface area contributed by atoms with Crippen molar-refractivity contribution >= 4 is 27.7 Å². The maximum atomic E-state index is 4.74.